The standard InChI is InChI=1S/C18H21BrF3NO/c19-15-6-1-3-12(9-15)11-23(16-7-8-16)17(24)13-4-2-5-14(10-13)18(20,21)22/h1,3,6,9,13-14,16H,2,4-5,7-8,10-11H2. The lowest BCUT2D eigenvalue weighted by molar-refractivity contribution is -0.187. The molecule has 2 aliphatic carbocycles. The molecule has 0 bridgehead atoms. The summed E-state index contributed by atoms with van der Waals surface area (Å²) >= 11 is 3.42. The first-order valence-corrected chi connectivity index (χ1v) is 9.25. The van der Waals surface area contributed by atoms with Crippen LogP contribution >= 0.6 is 15.9 Å². The number of hydrogen-bond acceptors (Lipinski definition) is 1. The molecule has 0 spiro atoms. The number of halogens is 4. The Bertz CT molecular complexity index is 600. The van der Waals surface area contributed by atoms with Gasteiger partial charge in [-0.1, -0.05) is 34.5 Å². The summed E-state index contributed by atoms with van der Waals surface area (Å²) in [6.07, 6.45) is -1.12. The van der Waals surface area contributed by atoms with E-state index in [9.17, 15) is 18.0 Å². The Balaban J connectivity index is 1.70. The molecule has 1 amide bonds. The molecule has 2 nitrogen and oxygen atoms in total. The van der Waals surface area contributed by atoms with Crippen molar-refractivity contribution in [2.45, 2.75) is 57.3 Å². The maximum absolute atomic E-state index is 13.0. The Labute approximate surface area is 148 Å². The van der Waals surface area contributed by atoms with Crippen LogP contribution in [0.1, 0.15) is 44.1 Å². The van der Waals surface area contributed by atoms with Crippen molar-refractivity contribution in [1.29, 1.82) is 0 Å². The van der Waals surface area contributed by atoms with E-state index in [1.165, 1.54) is 0 Å². The topological polar surface area (TPSA) is 20.3 Å². The average molecular weight is 404 g/mol. The smallest absolute Gasteiger partial charge is 0.335 e. The lowest BCUT2D eigenvalue weighted by Crippen LogP contribution is -2.41. The minimum atomic E-state index is -4.19. The number of rotatable bonds is 4. The molecule has 0 aliphatic heterocycles. The van der Waals surface area contributed by atoms with Crippen LogP contribution in [0, 0.1) is 11.8 Å². The second-order valence-corrected chi connectivity index (χ2v) is 7.84. The van der Waals surface area contributed by atoms with Crippen LogP contribution in [0.15, 0.2) is 28.7 Å². The molecule has 24 heavy (non-hydrogen) atoms. The van der Waals surface area contributed by atoms with E-state index in [1.807, 2.05) is 29.2 Å². The Kier molecular flexibility index (Phi) is 5.23. The first-order valence-electron chi connectivity index (χ1n) is 8.46. The first-order chi connectivity index (χ1) is 11.3. The van der Waals surface area contributed by atoms with Gasteiger partial charge in [-0.15, -0.1) is 0 Å². The van der Waals surface area contributed by atoms with Crippen LogP contribution in [0.3, 0.4) is 0 Å². The monoisotopic (exact) mass is 403 g/mol. The summed E-state index contributed by atoms with van der Waals surface area (Å²) in [5.74, 6) is -1.91. The van der Waals surface area contributed by atoms with Gasteiger partial charge >= 0.3 is 6.18 Å². The molecule has 3 rings (SSSR count). The Morgan fingerprint density at radius 3 is 2.58 bits per heavy atom. The van der Waals surface area contributed by atoms with Gasteiger partial charge in [0.15, 0.2) is 0 Å². The molecule has 0 radical (unpaired) electrons. The van der Waals surface area contributed by atoms with Crippen molar-refractivity contribution in [2.75, 3.05) is 0 Å². The summed E-state index contributed by atoms with van der Waals surface area (Å²) in [6.45, 7) is 0.482. The van der Waals surface area contributed by atoms with Gasteiger partial charge in [0.25, 0.3) is 0 Å². The molecule has 2 fully saturated rings. The number of benzene rings is 1. The largest absolute Gasteiger partial charge is 0.391 e. The van der Waals surface area contributed by atoms with Crippen molar-refractivity contribution in [3.8, 4) is 0 Å². The van der Waals surface area contributed by atoms with Crippen LogP contribution < -0.4 is 0 Å². The highest BCUT2D eigenvalue weighted by Gasteiger charge is 2.45. The number of nitrogens with zero attached hydrogens (tertiary/aromatic N) is 1. The second kappa shape index (κ2) is 7.06. The SMILES string of the molecule is O=C(C1CCCC(C(F)(F)F)C1)N(Cc1cccc(Br)c1)C1CC1. The van der Waals surface area contributed by atoms with Gasteiger partial charge in [0.2, 0.25) is 5.91 Å². The van der Waals surface area contributed by atoms with Crippen LogP contribution in [0.5, 0.6) is 0 Å². The van der Waals surface area contributed by atoms with Gasteiger partial charge in [-0.2, -0.15) is 13.2 Å². The van der Waals surface area contributed by atoms with Crippen LogP contribution in [0.4, 0.5) is 13.2 Å². The van der Waals surface area contributed by atoms with E-state index in [0.717, 1.165) is 22.9 Å². The fourth-order valence-electron chi connectivity index (χ4n) is 3.55. The first kappa shape index (κ1) is 17.8. The summed E-state index contributed by atoms with van der Waals surface area (Å²) in [4.78, 5) is 14.7. The number of amides is 1. The van der Waals surface area contributed by atoms with E-state index >= 15 is 0 Å². The maximum atomic E-state index is 13.0. The van der Waals surface area contributed by atoms with Crippen LogP contribution in [0.25, 0.3) is 0 Å². The van der Waals surface area contributed by atoms with Crippen molar-refractivity contribution < 1.29 is 18.0 Å². The quantitative estimate of drug-likeness (QED) is 0.666. The van der Waals surface area contributed by atoms with E-state index in [1.54, 1.807) is 0 Å². The van der Waals surface area contributed by atoms with Gasteiger partial charge in [0.05, 0.1) is 5.92 Å². The van der Waals surface area contributed by atoms with Crippen molar-refractivity contribution in [3.63, 3.8) is 0 Å². The van der Waals surface area contributed by atoms with Gasteiger partial charge in [0.1, 0.15) is 0 Å². The fourth-order valence-corrected chi connectivity index (χ4v) is 4.00. The molecule has 1 aromatic carbocycles. The van der Waals surface area contributed by atoms with Crippen molar-refractivity contribution in [2.24, 2.45) is 11.8 Å². The Morgan fingerprint density at radius 1 is 1.21 bits per heavy atom. The van der Waals surface area contributed by atoms with Crippen LogP contribution in [0.2, 0.25) is 0 Å². The van der Waals surface area contributed by atoms with Crippen molar-refractivity contribution in [1.82, 2.24) is 4.90 Å². The third-order valence-electron chi connectivity index (χ3n) is 5.00. The van der Waals surface area contributed by atoms with E-state index in [2.05, 4.69) is 15.9 Å². The van der Waals surface area contributed by atoms with Gasteiger partial charge < -0.3 is 4.90 Å². The predicted octanol–water partition coefficient (Wildman–Crippen LogP) is 5.31. The highest BCUT2D eigenvalue weighted by molar-refractivity contribution is 9.10. The molecule has 6 heteroatoms. The Hall–Kier alpha value is -1.04. The second-order valence-electron chi connectivity index (χ2n) is 6.93. The zero-order valence-electron chi connectivity index (χ0n) is 13.4. The fraction of sp³-hybridized carbons (Fsp3) is 0.611. The third-order valence-corrected chi connectivity index (χ3v) is 5.49. The van der Waals surface area contributed by atoms with Crippen LogP contribution in [-0.2, 0) is 11.3 Å². The molecular weight excluding hydrogens is 383 g/mol. The summed E-state index contributed by atoms with van der Waals surface area (Å²) < 4.78 is 40.0. The van der Waals surface area contributed by atoms with E-state index in [-0.39, 0.29) is 24.8 Å². The molecule has 1 aromatic rings. The number of alkyl halides is 3. The van der Waals surface area contributed by atoms with Gasteiger partial charge in [-0.25, -0.2) is 0 Å². The molecule has 0 N–H and O–H groups in total. The highest BCUT2D eigenvalue weighted by atomic mass is 79.9. The molecule has 132 valence electrons. The number of carbonyl (C=O) groups is 1. The molecule has 2 atom stereocenters. The van der Waals surface area contributed by atoms with E-state index in [0.29, 0.717) is 19.4 Å². The van der Waals surface area contributed by atoms with Gasteiger partial charge in [-0.3, -0.25) is 4.79 Å². The summed E-state index contributed by atoms with van der Waals surface area (Å²) in [5.41, 5.74) is 1.01. The summed E-state index contributed by atoms with van der Waals surface area (Å²) in [6, 6.07) is 7.94. The van der Waals surface area contributed by atoms with E-state index < -0.39 is 18.0 Å². The molecule has 2 unspecified atom stereocenters. The third kappa shape index (κ3) is 4.32. The summed E-state index contributed by atoms with van der Waals surface area (Å²) in [7, 11) is 0. The zero-order valence-corrected chi connectivity index (χ0v) is 14.9. The normalized spacial score (nSPS) is 24.7. The molecule has 2 saturated carbocycles. The number of carbonyl (C=O) groups excluding carboxylic acids is 1. The highest BCUT2D eigenvalue weighted by Crippen LogP contribution is 2.41. The van der Waals surface area contributed by atoms with Crippen molar-refractivity contribution in [3.05, 3.63) is 34.3 Å². The maximum Gasteiger partial charge on any atom is 0.391 e. The van der Waals surface area contributed by atoms with E-state index in [4.69, 9.17) is 0 Å². The molecule has 0 saturated heterocycles. The molecule has 0 aromatic heterocycles. The van der Waals surface area contributed by atoms with Gasteiger partial charge in [0, 0.05) is 23.0 Å². The predicted molar refractivity (Wildman–Crippen MR) is 89.2 cm³/mol. The lowest BCUT2D eigenvalue weighted by atomic mass is 9.80. The molecular formula is C18H21BrF3NO. The summed E-state index contributed by atoms with van der Waals surface area (Å²) in [5, 5.41) is 0. The average Bonchev–Trinajstić information content (AvgIpc) is 3.36. The minimum Gasteiger partial charge on any atom is -0.335 e. The minimum absolute atomic E-state index is 0.0516. The molecule has 2 aliphatic rings. The van der Waals surface area contributed by atoms with Crippen molar-refractivity contribution >= 4 is 21.8 Å². The molecule has 0 heterocycles. The number of hydrogen-bond donors (Lipinski definition) is 0. The zero-order chi connectivity index (χ0) is 17.3. The van der Waals surface area contributed by atoms with Crippen LogP contribution in [-0.4, -0.2) is 23.0 Å². The van der Waals surface area contributed by atoms with Gasteiger partial charge in [-0.05, 0) is 49.8 Å². The Morgan fingerprint density at radius 2 is 1.96 bits per heavy atom. The lowest BCUT2D eigenvalue weighted by Gasteiger charge is -2.33.